The summed E-state index contributed by atoms with van der Waals surface area (Å²) in [6.45, 7) is 7.09. The van der Waals surface area contributed by atoms with Crippen molar-refractivity contribution in [3.05, 3.63) is 76.8 Å². The molecule has 14 heteroatoms. The van der Waals surface area contributed by atoms with Crippen LogP contribution in [0.15, 0.2) is 53.9 Å². The van der Waals surface area contributed by atoms with Gasteiger partial charge >= 0.3 is 6.18 Å². The number of fused-ring (bicyclic) bond motifs is 2. The predicted molar refractivity (Wildman–Crippen MR) is 170 cm³/mol. The number of nitrogens with zero attached hydrogens (tertiary/aromatic N) is 5. The molecule has 1 saturated carbocycles. The minimum Gasteiger partial charge on any atom is -0.481 e. The Hall–Kier alpha value is -3.65. The van der Waals surface area contributed by atoms with Gasteiger partial charge in [0.2, 0.25) is 5.84 Å². The Morgan fingerprint density at radius 1 is 1.13 bits per heavy atom. The monoisotopic (exact) mass is 671 g/mol. The normalized spacial score (nSPS) is 23.8. The van der Waals surface area contributed by atoms with E-state index in [1.54, 1.807) is 0 Å². The summed E-state index contributed by atoms with van der Waals surface area (Å²) in [5, 5.41) is 5.81. The Morgan fingerprint density at radius 2 is 1.91 bits per heavy atom. The Balaban J connectivity index is 1.34. The SMILES string of the molecule is Cc1cn(-c2ccc(/C=C3\OC4(CC4)CN4C3=NOCC4(CCS(C)(=O)=O)c3ccc(C(F)(F)F)nc3)c3c2[Si](C)(C)CC3)cn1. The number of oxime groups is 1. The summed E-state index contributed by atoms with van der Waals surface area (Å²) < 4.78 is 73.9. The number of amidine groups is 1. The first-order valence-electron chi connectivity index (χ1n) is 15.4. The summed E-state index contributed by atoms with van der Waals surface area (Å²) >= 11 is 0. The highest BCUT2D eigenvalue weighted by atomic mass is 32.2. The number of sulfone groups is 1. The Morgan fingerprint density at radius 3 is 2.54 bits per heavy atom. The number of morpholine rings is 1. The minimum atomic E-state index is -4.61. The van der Waals surface area contributed by atoms with Gasteiger partial charge in [-0.2, -0.15) is 13.2 Å². The van der Waals surface area contributed by atoms with Crippen LogP contribution in [0.25, 0.3) is 11.8 Å². The number of aromatic nitrogens is 3. The molecule has 244 valence electrons. The zero-order valence-electron chi connectivity index (χ0n) is 26.2. The lowest BCUT2D eigenvalue weighted by Crippen LogP contribution is -2.61. The van der Waals surface area contributed by atoms with E-state index in [1.165, 1.54) is 23.0 Å². The standard InChI is InChI=1S/C32H36F3N5O4SSi/c1-21-17-39(20-37-21)25-7-5-22(24-9-14-46(3,4)28(24)25)15-26-29-38-43-19-31(12-13-45(2,41)42,40(29)18-30(44-26)10-11-30)23-6-8-27(36-16-23)32(33,34)35/h5-8,15-17,20H,9-14,18-19H2,1-4H3/b26-15-. The van der Waals surface area contributed by atoms with Gasteiger partial charge in [-0.15, -0.1) is 0 Å². The molecule has 3 aliphatic heterocycles. The van der Waals surface area contributed by atoms with Crippen molar-refractivity contribution >= 4 is 35.0 Å². The molecule has 9 nitrogen and oxygen atoms in total. The third-order valence-electron chi connectivity index (χ3n) is 9.79. The molecule has 1 saturated heterocycles. The van der Waals surface area contributed by atoms with Gasteiger partial charge in [0.1, 0.15) is 33.3 Å². The summed E-state index contributed by atoms with van der Waals surface area (Å²) in [5.74, 6) is 0.706. The topological polar surface area (TPSA) is 98.9 Å². The van der Waals surface area contributed by atoms with Gasteiger partial charge in [-0.3, -0.25) is 4.98 Å². The van der Waals surface area contributed by atoms with Crippen LogP contribution in [0.4, 0.5) is 13.2 Å². The number of aryl methyl sites for hydroxylation is 1. The molecular weight excluding hydrogens is 636 g/mol. The summed E-state index contributed by atoms with van der Waals surface area (Å²) in [6.07, 6.45) is 6.22. The molecule has 0 radical (unpaired) electrons. The molecule has 2 aromatic heterocycles. The molecule has 0 N–H and O–H groups in total. The second-order valence-electron chi connectivity index (χ2n) is 13.7. The number of halogens is 3. The van der Waals surface area contributed by atoms with E-state index < -0.39 is 40.9 Å². The molecule has 1 unspecified atom stereocenters. The Kier molecular flexibility index (Phi) is 7.02. The van der Waals surface area contributed by atoms with Gasteiger partial charge in [-0.05, 0) is 78.7 Å². The number of imidazole rings is 1. The van der Waals surface area contributed by atoms with Crippen LogP contribution in [0.3, 0.4) is 0 Å². The summed E-state index contributed by atoms with van der Waals surface area (Å²) in [5.41, 5.74) is 2.15. The first-order valence-corrected chi connectivity index (χ1v) is 20.6. The molecule has 0 amide bonds. The van der Waals surface area contributed by atoms with Crippen LogP contribution < -0.4 is 5.19 Å². The molecule has 4 aliphatic rings. The van der Waals surface area contributed by atoms with E-state index in [-0.39, 0.29) is 18.8 Å². The zero-order valence-corrected chi connectivity index (χ0v) is 28.0. The van der Waals surface area contributed by atoms with Crippen molar-refractivity contribution < 1.29 is 31.2 Å². The second-order valence-corrected chi connectivity index (χ2v) is 20.8. The van der Waals surface area contributed by atoms with Gasteiger partial charge in [0, 0.05) is 24.3 Å². The molecule has 1 spiro atoms. The highest BCUT2D eigenvalue weighted by Crippen LogP contribution is 2.50. The van der Waals surface area contributed by atoms with Crippen molar-refractivity contribution in [3.8, 4) is 5.69 Å². The third-order valence-corrected chi connectivity index (χ3v) is 14.1. The van der Waals surface area contributed by atoms with Gasteiger partial charge in [-0.25, -0.2) is 13.4 Å². The van der Waals surface area contributed by atoms with Crippen molar-refractivity contribution in [2.24, 2.45) is 5.16 Å². The van der Waals surface area contributed by atoms with Crippen LogP contribution in [0.2, 0.25) is 19.1 Å². The van der Waals surface area contributed by atoms with Crippen LogP contribution in [-0.2, 0) is 37.5 Å². The van der Waals surface area contributed by atoms with E-state index in [2.05, 4.69) is 44.9 Å². The molecule has 2 fully saturated rings. The van der Waals surface area contributed by atoms with Gasteiger partial charge in [0.05, 0.1) is 32.4 Å². The van der Waals surface area contributed by atoms with Gasteiger partial charge in [0.15, 0.2) is 5.76 Å². The van der Waals surface area contributed by atoms with Crippen LogP contribution in [-0.4, -0.2) is 72.5 Å². The lowest BCUT2D eigenvalue weighted by Gasteiger charge is -2.51. The fourth-order valence-corrected chi connectivity index (χ4v) is 10.9. The van der Waals surface area contributed by atoms with E-state index in [4.69, 9.17) is 9.57 Å². The van der Waals surface area contributed by atoms with Crippen LogP contribution in [0.1, 0.15) is 47.3 Å². The fraction of sp³-hybridized carbons (Fsp3) is 0.469. The van der Waals surface area contributed by atoms with E-state index in [0.29, 0.717) is 23.7 Å². The third kappa shape index (κ3) is 5.42. The lowest BCUT2D eigenvalue weighted by atomic mass is 9.85. The first kappa shape index (κ1) is 31.0. The van der Waals surface area contributed by atoms with E-state index in [1.807, 2.05) is 30.4 Å². The molecule has 5 heterocycles. The van der Waals surface area contributed by atoms with Crippen molar-refractivity contribution in [1.29, 1.82) is 0 Å². The second kappa shape index (κ2) is 10.4. The average molecular weight is 672 g/mol. The molecule has 1 aliphatic carbocycles. The van der Waals surface area contributed by atoms with Crippen molar-refractivity contribution in [3.63, 3.8) is 0 Å². The van der Waals surface area contributed by atoms with E-state index in [0.717, 1.165) is 54.6 Å². The zero-order chi connectivity index (χ0) is 32.7. The predicted octanol–water partition coefficient (Wildman–Crippen LogP) is 4.95. The maximum absolute atomic E-state index is 13.4. The van der Waals surface area contributed by atoms with E-state index >= 15 is 0 Å². The van der Waals surface area contributed by atoms with E-state index in [9.17, 15) is 21.6 Å². The largest absolute Gasteiger partial charge is 0.481 e. The molecular formula is C32H36F3N5O4SSi. The number of hydrogen-bond acceptors (Lipinski definition) is 8. The van der Waals surface area contributed by atoms with Gasteiger partial charge in [-0.1, -0.05) is 30.4 Å². The molecule has 1 aromatic carbocycles. The highest BCUT2D eigenvalue weighted by molar-refractivity contribution is 7.90. The van der Waals surface area contributed by atoms with Crippen molar-refractivity contribution in [2.75, 3.05) is 25.2 Å². The molecule has 46 heavy (non-hydrogen) atoms. The van der Waals surface area contributed by atoms with Crippen LogP contribution in [0, 0.1) is 6.92 Å². The molecule has 7 rings (SSSR count). The molecule has 0 bridgehead atoms. The summed E-state index contributed by atoms with van der Waals surface area (Å²) in [4.78, 5) is 16.0. The number of benzene rings is 1. The maximum Gasteiger partial charge on any atom is 0.433 e. The number of rotatable bonds is 6. The smallest absolute Gasteiger partial charge is 0.433 e. The van der Waals surface area contributed by atoms with Gasteiger partial charge < -0.3 is 19.0 Å². The number of pyridine rings is 1. The quantitative estimate of drug-likeness (QED) is 0.343. The van der Waals surface area contributed by atoms with Crippen molar-refractivity contribution in [1.82, 2.24) is 19.4 Å². The number of hydrogen-bond donors (Lipinski definition) is 0. The lowest BCUT2D eigenvalue weighted by molar-refractivity contribution is -0.141. The van der Waals surface area contributed by atoms with Gasteiger partial charge in [0.25, 0.3) is 0 Å². The summed E-state index contributed by atoms with van der Waals surface area (Å²) in [6, 6.07) is 7.64. The highest BCUT2D eigenvalue weighted by Gasteiger charge is 2.58. The number of ether oxygens (including phenoxy) is 1. The fourth-order valence-electron chi connectivity index (χ4n) is 7.09. The van der Waals surface area contributed by atoms with Crippen LogP contribution >= 0.6 is 0 Å². The molecule has 1 atom stereocenters. The maximum atomic E-state index is 13.4. The molecule has 3 aromatic rings. The number of alkyl halides is 3. The average Bonchev–Trinajstić information content (AvgIpc) is 3.43. The minimum absolute atomic E-state index is 0.0450. The first-order chi connectivity index (χ1) is 21.6. The van der Waals surface area contributed by atoms with Crippen molar-refractivity contribution in [2.45, 2.75) is 69.1 Å². The Labute approximate surface area is 267 Å². The summed E-state index contributed by atoms with van der Waals surface area (Å²) in [7, 11) is -5.20. The van der Waals surface area contributed by atoms with Crippen LogP contribution in [0.5, 0.6) is 0 Å². The Bertz CT molecular complexity index is 1880.